The van der Waals surface area contributed by atoms with Gasteiger partial charge in [-0.2, -0.15) is 5.10 Å². The Morgan fingerprint density at radius 1 is 1.29 bits per heavy atom. The number of nitrogens with zero attached hydrogens (tertiary/aromatic N) is 2. The molecule has 0 aliphatic carbocycles. The van der Waals surface area contributed by atoms with Crippen LogP contribution in [0.2, 0.25) is 0 Å². The van der Waals surface area contributed by atoms with Gasteiger partial charge >= 0.3 is 0 Å². The van der Waals surface area contributed by atoms with E-state index in [-0.39, 0.29) is 0 Å². The predicted molar refractivity (Wildman–Crippen MR) is 69.0 cm³/mol. The van der Waals surface area contributed by atoms with Crippen LogP contribution in [0.4, 0.5) is 0 Å². The number of rotatable bonds is 9. The maximum Gasteiger partial charge on any atom is 0.0597 e. The highest BCUT2D eigenvalue weighted by Crippen LogP contribution is 2.00. The molecule has 0 spiro atoms. The summed E-state index contributed by atoms with van der Waals surface area (Å²) in [6.07, 6.45) is 1.13. The molecule has 2 N–H and O–H groups in total. The van der Waals surface area contributed by atoms with Crippen LogP contribution in [0.15, 0.2) is 6.07 Å². The number of nitrogens with one attached hydrogen (secondary N) is 2. The molecule has 0 bridgehead atoms. The normalized spacial score (nSPS) is 11.0. The van der Waals surface area contributed by atoms with Gasteiger partial charge in [-0.3, -0.25) is 4.68 Å². The van der Waals surface area contributed by atoms with Crippen LogP contribution in [0.5, 0.6) is 0 Å². The molecule has 0 radical (unpaired) electrons. The Hall–Kier alpha value is -0.910. The van der Waals surface area contributed by atoms with Crippen molar-refractivity contribution in [2.45, 2.75) is 19.9 Å². The van der Waals surface area contributed by atoms with Crippen LogP contribution in [0.3, 0.4) is 0 Å². The lowest BCUT2D eigenvalue weighted by molar-refractivity contribution is 0.199. The van der Waals surface area contributed by atoms with Gasteiger partial charge < -0.3 is 15.4 Å². The lowest BCUT2D eigenvalue weighted by Gasteiger charge is -2.06. The first-order valence-electron chi connectivity index (χ1n) is 6.14. The summed E-state index contributed by atoms with van der Waals surface area (Å²) in [5.41, 5.74) is 2.31. The van der Waals surface area contributed by atoms with Gasteiger partial charge in [-0.05, 0) is 32.5 Å². The van der Waals surface area contributed by atoms with Crippen LogP contribution in [0, 0.1) is 6.92 Å². The summed E-state index contributed by atoms with van der Waals surface area (Å²) < 4.78 is 6.88. The molecule has 0 aliphatic rings. The summed E-state index contributed by atoms with van der Waals surface area (Å²) in [6, 6.07) is 2.11. The molecule has 5 nitrogen and oxygen atoms in total. The highest BCUT2D eigenvalue weighted by Gasteiger charge is 2.00. The zero-order valence-electron chi connectivity index (χ0n) is 11.1. The molecule has 1 aromatic heterocycles. The van der Waals surface area contributed by atoms with Crippen LogP contribution in [-0.4, -0.2) is 43.1 Å². The van der Waals surface area contributed by atoms with Crippen molar-refractivity contribution in [2.75, 3.05) is 33.4 Å². The van der Waals surface area contributed by atoms with Crippen LogP contribution in [0.25, 0.3) is 0 Å². The molecular weight excluding hydrogens is 216 g/mol. The van der Waals surface area contributed by atoms with Crippen molar-refractivity contribution in [3.8, 4) is 0 Å². The molecule has 0 saturated carbocycles. The molecule has 0 fully saturated rings. The third-order valence-electron chi connectivity index (χ3n) is 2.60. The number of methoxy groups -OCH3 is 1. The van der Waals surface area contributed by atoms with Crippen LogP contribution in [0.1, 0.15) is 17.8 Å². The monoisotopic (exact) mass is 240 g/mol. The van der Waals surface area contributed by atoms with Gasteiger partial charge in [0, 0.05) is 27.2 Å². The number of hydrogen-bond acceptors (Lipinski definition) is 4. The molecule has 17 heavy (non-hydrogen) atoms. The number of aromatic nitrogens is 2. The Labute approximate surface area is 104 Å². The topological polar surface area (TPSA) is 51.1 Å². The van der Waals surface area contributed by atoms with Gasteiger partial charge in [0.2, 0.25) is 0 Å². The molecule has 0 saturated heterocycles. The fourth-order valence-corrected chi connectivity index (χ4v) is 1.68. The zero-order valence-corrected chi connectivity index (χ0v) is 11.1. The van der Waals surface area contributed by atoms with Crippen molar-refractivity contribution in [3.63, 3.8) is 0 Å². The van der Waals surface area contributed by atoms with Crippen molar-refractivity contribution >= 4 is 0 Å². The van der Waals surface area contributed by atoms with Gasteiger partial charge in [-0.1, -0.05) is 0 Å². The summed E-state index contributed by atoms with van der Waals surface area (Å²) in [7, 11) is 3.70. The Balaban J connectivity index is 1.99. The van der Waals surface area contributed by atoms with Gasteiger partial charge in [0.15, 0.2) is 0 Å². The fourth-order valence-electron chi connectivity index (χ4n) is 1.68. The predicted octanol–water partition coefficient (Wildman–Crippen LogP) is 0.444. The summed E-state index contributed by atoms with van der Waals surface area (Å²) in [5, 5.41) is 11.0. The van der Waals surface area contributed by atoms with Gasteiger partial charge in [0.1, 0.15) is 0 Å². The Bertz CT molecular complexity index is 311. The van der Waals surface area contributed by atoms with Gasteiger partial charge in [0.25, 0.3) is 0 Å². The van der Waals surface area contributed by atoms with E-state index in [2.05, 4.69) is 21.8 Å². The van der Waals surface area contributed by atoms with Crippen molar-refractivity contribution in [3.05, 3.63) is 17.5 Å². The van der Waals surface area contributed by atoms with Crippen molar-refractivity contribution in [2.24, 2.45) is 7.05 Å². The molecule has 0 aliphatic heterocycles. The maximum atomic E-state index is 4.96. The smallest absolute Gasteiger partial charge is 0.0597 e. The van der Waals surface area contributed by atoms with E-state index < -0.39 is 0 Å². The van der Waals surface area contributed by atoms with E-state index in [0.717, 1.165) is 44.9 Å². The third kappa shape index (κ3) is 5.81. The standard InChI is InChI=1S/C12H24N4O/c1-11-9-12(16(2)15-11)10-14-6-4-5-13-7-8-17-3/h9,13-14H,4-8,10H2,1-3H3. The number of ether oxygens (including phenoxy) is 1. The highest BCUT2D eigenvalue weighted by molar-refractivity contribution is 5.08. The molecule has 1 aromatic rings. The molecule has 1 heterocycles. The number of aryl methyl sites for hydroxylation is 2. The first-order valence-corrected chi connectivity index (χ1v) is 6.14. The van der Waals surface area contributed by atoms with Gasteiger partial charge in [-0.25, -0.2) is 0 Å². The summed E-state index contributed by atoms with van der Waals surface area (Å²) in [4.78, 5) is 0. The number of hydrogen-bond donors (Lipinski definition) is 2. The average molecular weight is 240 g/mol. The van der Waals surface area contributed by atoms with E-state index >= 15 is 0 Å². The van der Waals surface area contributed by atoms with Crippen LogP contribution >= 0.6 is 0 Å². The minimum atomic E-state index is 0.779. The Morgan fingerprint density at radius 3 is 2.71 bits per heavy atom. The van der Waals surface area contributed by atoms with Crippen LogP contribution in [-0.2, 0) is 18.3 Å². The van der Waals surface area contributed by atoms with E-state index in [1.54, 1.807) is 7.11 Å². The fraction of sp³-hybridized carbons (Fsp3) is 0.750. The molecule has 0 unspecified atom stereocenters. The molecular formula is C12H24N4O. The third-order valence-corrected chi connectivity index (χ3v) is 2.60. The second kappa shape index (κ2) is 8.22. The minimum Gasteiger partial charge on any atom is -0.383 e. The maximum absolute atomic E-state index is 4.96. The molecule has 0 amide bonds. The van der Waals surface area contributed by atoms with Crippen LogP contribution < -0.4 is 10.6 Å². The lowest BCUT2D eigenvalue weighted by atomic mass is 10.3. The molecule has 0 atom stereocenters. The first-order chi connectivity index (χ1) is 8.24. The van der Waals surface area contributed by atoms with Crippen molar-refractivity contribution in [1.82, 2.24) is 20.4 Å². The van der Waals surface area contributed by atoms with E-state index in [4.69, 9.17) is 4.74 Å². The molecule has 1 rings (SSSR count). The van der Waals surface area contributed by atoms with E-state index in [1.807, 2.05) is 18.7 Å². The summed E-state index contributed by atoms with van der Waals surface area (Å²) in [6.45, 7) is 6.66. The summed E-state index contributed by atoms with van der Waals surface area (Å²) in [5.74, 6) is 0. The molecule has 5 heteroatoms. The lowest BCUT2D eigenvalue weighted by Crippen LogP contribution is -2.24. The molecule has 98 valence electrons. The van der Waals surface area contributed by atoms with Gasteiger partial charge in [0.05, 0.1) is 18.0 Å². The second-order valence-electron chi connectivity index (χ2n) is 4.17. The quantitative estimate of drug-likeness (QED) is 0.615. The first kappa shape index (κ1) is 14.2. The average Bonchev–Trinajstić information content (AvgIpc) is 2.61. The highest BCUT2D eigenvalue weighted by atomic mass is 16.5. The minimum absolute atomic E-state index is 0.779. The largest absolute Gasteiger partial charge is 0.383 e. The van der Waals surface area contributed by atoms with Crippen molar-refractivity contribution < 1.29 is 4.74 Å². The zero-order chi connectivity index (χ0) is 12.5. The Kier molecular flexibility index (Phi) is 6.84. The van der Waals surface area contributed by atoms with E-state index in [1.165, 1.54) is 5.69 Å². The second-order valence-corrected chi connectivity index (χ2v) is 4.17. The summed E-state index contributed by atoms with van der Waals surface area (Å²) >= 11 is 0. The SMILES string of the molecule is COCCNCCCNCc1cc(C)nn1C. The van der Waals surface area contributed by atoms with Gasteiger partial charge in [-0.15, -0.1) is 0 Å². The molecule has 0 aromatic carbocycles. The Morgan fingerprint density at radius 2 is 2.06 bits per heavy atom. The van der Waals surface area contributed by atoms with E-state index in [0.29, 0.717) is 0 Å². The van der Waals surface area contributed by atoms with E-state index in [9.17, 15) is 0 Å². The van der Waals surface area contributed by atoms with Crippen molar-refractivity contribution in [1.29, 1.82) is 0 Å².